The van der Waals surface area contributed by atoms with Crippen LogP contribution in [0.3, 0.4) is 0 Å². The van der Waals surface area contributed by atoms with Crippen molar-refractivity contribution >= 4 is 49.1 Å². The van der Waals surface area contributed by atoms with Gasteiger partial charge in [-0.05, 0) is 36.3 Å². The number of allylic oxidation sites excluding steroid dienone is 1. The molecule has 1 heterocycles. The van der Waals surface area contributed by atoms with Gasteiger partial charge < -0.3 is 20.5 Å². The molecule has 7 N–H and O–H groups in total. The number of amides is 1. The highest BCUT2D eigenvalue weighted by Crippen LogP contribution is 2.48. The van der Waals surface area contributed by atoms with E-state index in [-0.39, 0.29) is 52.9 Å². The number of carbonyl (C=O) groups excluding carboxylic acids is 1. The van der Waals surface area contributed by atoms with Crippen LogP contribution in [0.25, 0.3) is 5.57 Å². The van der Waals surface area contributed by atoms with Gasteiger partial charge in [-0.15, -0.1) is 0 Å². The van der Waals surface area contributed by atoms with Crippen LogP contribution in [0.1, 0.15) is 34.3 Å². The molecule has 0 fully saturated rings. The van der Waals surface area contributed by atoms with Crippen molar-refractivity contribution in [2.75, 3.05) is 19.3 Å². The smallest absolute Gasteiger partial charge is 0.303 e. The summed E-state index contributed by atoms with van der Waals surface area (Å²) in [6.07, 6.45) is 1.14. The summed E-state index contributed by atoms with van der Waals surface area (Å²) in [7, 11) is -8.43. The molecular weight excluding hydrogens is 566 g/mol. The molecular formula is C25H26N3O10S2+. The van der Waals surface area contributed by atoms with Gasteiger partial charge in [0.15, 0.2) is 22.5 Å². The number of carboxylic acids is 1. The van der Waals surface area contributed by atoms with E-state index < -0.39 is 59.8 Å². The number of nitrogens with two attached hydrogens (primary N) is 2. The largest absolute Gasteiger partial charge is 0.481 e. The number of carbonyl (C=O) groups is 2. The van der Waals surface area contributed by atoms with Crippen LogP contribution >= 0.6 is 0 Å². The summed E-state index contributed by atoms with van der Waals surface area (Å²) >= 11 is 0. The Morgan fingerprint density at radius 2 is 1.73 bits per heavy atom. The second kappa shape index (κ2) is 10.5. The van der Waals surface area contributed by atoms with Crippen LogP contribution in [0.4, 0.5) is 5.69 Å². The molecule has 2 aromatic rings. The number of benzene rings is 2. The third kappa shape index (κ3) is 5.36. The Bertz CT molecular complexity index is 1710. The number of anilines is 1. The van der Waals surface area contributed by atoms with E-state index in [9.17, 15) is 35.5 Å². The summed E-state index contributed by atoms with van der Waals surface area (Å²) in [5.41, 5.74) is 5.96. The zero-order chi connectivity index (χ0) is 29.6. The van der Waals surface area contributed by atoms with E-state index in [0.29, 0.717) is 0 Å². The van der Waals surface area contributed by atoms with Gasteiger partial charge in [0.2, 0.25) is 5.25 Å². The number of ether oxygens (including phenoxy) is 1. The Morgan fingerprint density at radius 1 is 1.05 bits per heavy atom. The van der Waals surface area contributed by atoms with Gasteiger partial charge in [-0.3, -0.25) is 24.1 Å². The van der Waals surface area contributed by atoms with E-state index >= 15 is 0 Å². The maximum Gasteiger partial charge on any atom is 0.303 e. The Hall–Kier alpha value is -4.05. The third-order valence-electron chi connectivity index (χ3n) is 6.55. The van der Waals surface area contributed by atoms with E-state index in [2.05, 4.69) is 0 Å². The Labute approximate surface area is 229 Å². The third-order valence-corrected chi connectivity index (χ3v) is 8.65. The van der Waals surface area contributed by atoms with Crippen molar-refractivity contribution in [1.82, 2.24) is 4.90 Å². The van der Waals surface area contributed by atoms with Gasteiger partial charge in [0, 0.05) is 48.4 Å². The van der Waals surface area contributed by atoms with Gasteiger partial charge in [0.25, 0.3) is 26.1 Å². The quantitative estimate of drug-likeness (QED) is 0.203. The highest BCUT2D eigenvalue weighted by atomic mass is 32.2. The Balaban J connectivity index is 2.01. The molecule has 2 unspecified atom stereocenters. The predicted octanol–water partition coefficient (Wildman–Crippen LogP) is 0.0415. The highest BCUT2D eigenvalue weighted by molar-refractivity contribution is 7.87. The lowest BCUT2D eigenvalue weighted by molar-refractivity contribution is -0.137. The molecule has 0 saturated carbocycles. The maximum atomic E-state index is 13.5. The zero-order valence-electron chi connectivity index (χ0n) is 21.0. The van der Waals surface area contributed by atoms with Gasteiger partial charge in [0.05, 0.1) is 5.69 Å². The lowest BCUT2D eigenvalue weighted by atomic mass is 9.82. The first-order valence-corrected chi connectivity index (χ1v) is 14.7. The first-order chi connectivity index (χ1) is 18.6. The number of fused-ring (bicyclic) bond motifs is 2. The van der Waals surface area contributed by atoms with E-state index in [1.54, 1.807) is 18.2 Å². The average Bonchev–Trinajstić information content (AvgIpc) is 2.84. The fourth-order valence-electron chi connectivity index (χ4n) is 4.80. The van der Waals surface area contributed by atoms with Crippen LogP contribution in [0, 0.1) is 0 Å². The second-order valence-corrected chi connectivity index (χ2v) is 12.1. The summed E-state index contributed by atoms with van der Waals surface area (Å²) in [6, 6.07) is 8.84. The van der Waals surface area contributed by atoms with Crippen LogP contribution in [-0.4, -0.2) is 78.5 Å². The van der Waals surface area contributed by atoms with Gasteiger partial charge in [-0.25, -0.2) is 0 Å². The normalized spacial score (nSPS) is 18.5. The minimum atomic E-state index is -5.01. The van der Waals surface area contributed by atoms with Gasteiger partial charge in [-0.2, -0.15) is 16.8 Å². The number of nitrogen functional groups attached to an aromatic ring is 1. The Morgan fingerprint density at radius 3 is 2.35 bits per heavy atom. The molecule has 1 aliphatic carbocycles. The van der Waals surface area contributed by atoms with E-state index in [0.717, 1.165) is 0 Å². The fraction of sp³-hybridized carbons (Fsp3) is 0.240. The maximum absolute atomic E-state index is 13.5. The standard InChI is InChI=1S/C25H25N3O10S2/c1-28(12-4-7-19(29)30)25(31)14-6-3-2-5-13(14)20-15-8-10-17(26)23(39(32,33)34)21(15)38-22-16(20)9-11-18(27)24(22)40(35,36)37/h2-3,5-6,8-11,21,23,26H,4,7,12,27H2,1H3,(H,29,30)(H,32,33,34)(H,35,36,37)/p+1. The van der Waals surface area contributed by atoms with Crippen molar-refractivity contribution in [3.63, 3.8) is 0 Å². The molecule has 2 aromatic carbocycles. The molecule has 212 valence electrons. The molecule has 1 aliphatic heterocycles. The number of carboxylic acid groups (broad SMARTS) is 1. The molecule has 0 radical (unpaired) electrons. The first kappa shape index (κ1) is 28.9. The minimum absolute atomic E-state index is 0.0704. The topological polar surface area (TPSA) is 227 Å². The lowest BCUT2D eigenvalue weighted by Crippen LogP contribution is -2.57. The van der Waals surface area contributed by atoms with Crippen molar-refractivity contribution < 1.29 is 50.8 Å². The monoisotopic (exact) mass is 592 g/mol. The summed E-state index contributed by atoms with van der Waals surface area (Å²) in [4.78, 5) is 24.9. The number of hydrogen-bond acceptors (Lipinski definition) is 8. The number of aliphatic carboxylic acids is 1. The molecule has 4 rings (SSSR count). The van der Waals surface area contributed by atoms with Crippen molar-refractivity contribution in [3.05, 3.63) is 70.8 Å². The van der Waals surface area contributed by atoms with Gasteiger partial charge >= 0.3 is 5.97 Å². The summed E-state index contributed by atoms with van der Waals surface area (Å²) in [5, 5.41) is 13.0. The summed E-state index contributed by atoms with van der Waals surface area (Å²) in [5.74, 6) is -2.00. The van der Waals surface area contributed by atoms with E-state index in [1.807, 2.05) is 0 Å². The Kier molecular flexibility index (Phi) is 7.60. The number of rotatable bonds is 8. The first-order valence-electron chi connectivity index (χ1n) is 11.8. The predicted molar refractivity (Wildman–Crippen MR) is 143 cm³/mol. The van der Waals surface area contributed by atoms with Gasteiger partial charge in [-0.1, -0.05) is 18.2 Å². The molecule has 0 aromatic heterocycles. The van der Waals surface area contributed by atoms with Crippen molar-refractivity contribution in [2.24, 2.45) is 0 Å². The summed E-state index contributed by atoms with van der Waals surface area (Å²) < 4.78 is 75.3. The average molecular weight is 593 g/mol. The fourth-order valence-corrected chi connectivity index (χ4v) is 6.49. The molecule has 0 spiro atoms. The number of hydrogen-bond donors (Lipinski definition) is 5. The van der Waals surface area contributed by atoms with Crippen LogP contribution in [0.15, 0.2) is 59.0 Å². The van der Waals surface area contributed by atoms with Gasteiger partial charge in [0.1, 0.15) is 0 Å². The molecule has 0 saturated heterocycles. The van der Waals surface area contributed by atoms with Crippen molar-refractivity contribution in [3.8, 4) is 5.75 Å². The molecule has 40 heavy (non-hydrogen) atoms. The molecule has 0 bridgehead atoms. The van der Waals surface area contributed by atoms with Crippen LogP contribution in [-0.2, 0) is 25.0 Å². The van der Waals surface area contributed by atoms with Crippen LogP contribution in [0.2, 0.25) is 0 Å². The summed E-state index contributed by atoms with van der Waals surface area (Å²) in [6.45, 7) is 0.118. The number of nitrogens with zero attached hydrogens (tertiary/aromatic N) is 1. The SMILES string of the molecule is CN(CCCC(=O)O)C(=O)c1ccccc1C1=C2C=CC(=[NH2+])C(S(=O)(=O)O)C2Oc2c1ccc(N)c2S(=O)(=O)O. The molecule has 1 amide bonds. The van der Waals surface area contributed by atoms with E-state index in [4.69, 9.17) is 21.0 Å². The molecule has 13 nitrogen and oxygen atoms in total. The molecule has 2 aliphatic rings. The zero-order valence-corrected chi connectivity index (χ0v) is 22.6. The highest BCUT2D eigenvalue weighted by Gasteiger charge is 2.48. The van der Waals surface area contributed by atoms with Crippen molar-refractivity contribution in [2.45, 2.75) is 29.1 Å². The van der Waals surface area contributed by atoms with Crippen LogP contribution in [0.5, 0.6) is 5.75 Å². The van der Waals surface area contributed by atoms with Crippen molar-refractivity contribution in [1.29, 1.82) is 0 Å². The second-order valence-electron chi connectivity index (χ2n) is 9.24. The molecule has 2 atom stereocenters. The minimum Gasteiger partial charge on any atom is -0.481 e. The lowest BCUT2D eigenvalue weighted by Gasteiger charge is -2.35. The van der Waals surface area contributed by atoms with Crippen LogP contribution < -0.4 is 15.9 Å². The molecule has 15 heteroatoms. The van der Waals surface area contributed by atoms with E-state index in [1.165, 1.54) is 42.3 Å².